The number of hydrogen-bond acceptors (Lipinski definition) is 3. The number of anilines is 1. The van der Waals surface area contributed by atoms with Gasteiger partial charge in [-0.2, -0.15) is 0 Å². The van der Waals surface area contributed by atoms with Crippen molar-refractivity contribution in [1.29, 1.82) is 0 Å². The van der Waals surface area contributed by atoms with Crippen LogP contribution in [-0.2, 0) is 4.79 Å². The predicted octanol–water partition coefficient (Wildman–Crippen LogP) is 2.77. The van der Waals surface area contributed by atoms with E-state index in [0.29, 0.717) is 18.7 Å². The second-order valence-corrected chi connectivity index (χ2v) is 4.01. The number of nitrogens with zero attached hydrogens (tertiary/aromatic N) is 1. The van der Waals surface area contributed by atoms with E-state index in [0.717, 1.165) is 6.20 Å². The van der Waals surface area contributed by atoms with Gasteiger partial charge >= 0.3 is 0 Å². The van der Waals surface area contributed by atoms with Crippen molar-refractivity contribution in [2.75, 3.05) is 11.9 Å². The molecule has 0 unspecified atom stereocenters. The number of nitrogens with one attached hydrogen (secondary N) is 1. The lowest BCUT2D eigenvalue weighted by atomic mass is 9.81. The van der Waals surface area contributed by atoms with E-state index in [4.69, 9.17) is 5.73 Å². The molecule has 0 aromatic carbocycles. The van der Waals surface area contributed by atoms with Crippen LogP contribution in [0.5, 0.6) is 0 Å². The normalized spacial score (nSPS) is 10.1. The fourth-order valence-electron chi connectivity index (χ4n) is 1.65. The summed E-state index contributed by atoms with van der Waals surface area (Å²) >= 11 is 0. The quantitative estimate of drug-likeness (QED) is 0.878. The monoisotopic (exact) mass is 311 g/mol. The number of nitrogens with two attached hydrogens (primary N) is 1. The van der Waals surface area contributed by atoms with E-state index < -0.39 is 11.2 Å². The van der Waals surface area contributed by atoms with Crippen molar-refractivity contribution >= 4 is 36.5 Å². The molecular formula is C12H20Cl2FN3O. The van der Waals surface area contributed by atoms with Crippen molar-refractivity contribution in [1.82, 2.24) is 4.98 Å². The average Bonchev–Trinajstić information content (AvgIpc) is 2.35. The van der Waals surface area contributed by atoms with E-state index in [2.05, 4.69) is 10.3 Å². The van der Waals surface area contributed by atoms with Crippen LogP contribution >= 0.6 is 24.8 Å². The smallest absolute Gasteiger partial charge is 0.233 e. The first-order valence-corrected chi connectivity index (χ1v) is 5.71. The number of carbonyl (C=O) groups is 1. The molecule has 0 bridgehead atoms. The number of pyridine rings is 1. The predicted molar refractivity (Wildman–Crippen MR) is 79.4 cm³/mol. The van der Waals surface area contributed by atoms with Crippen molar-refractivity contribution in [2.45, 2.75) is 26.7 Å². The largest absolute Gasteiger partial charge is 0.329 e. The third-order valence-corrected chi connectivity index (χ3v) is 3.19. The van der Waals surface area contributed by atoms with Gasteiger partial charge < -0.3 is 11.1 Å². The molecule has 0 saturated heterocycles. The Hall–Kier alpha value is -0.910. The van der Waals surface area contributed by atoms with E-state index in [1.807, 2.05) is 13.8 Å². The molecule has 0 spiro atoms. The zero-order valence-electron chi connectivity index (χ0n) is 11.0. The number of aromatic nitrogens is 1. The third kappa shape index (κ3) is 4.93. The molecule has 7 heteroatoms. The summed E-state index contributed by atoms with van der Waals surface area (Å²) in [6.07, 6.45) is 2.39. The van der Waals surface area contributed by atoms with Gasteiger partial charge in [0.25, 0.3) is 0 Å². The molecule has 4 nitrogen and oxygen atoms in total. The van der Waals surface area contributed by atoms with E-state index in [1.165, 1.54) is 12.1 Å². The van der Waals surface area contributed by atoms with Crippen molar-refractivity contribution in [3.63, 3.8) is 0 Å². The van der Waals surface area contributed by atoms with E-state index in [1.54, 1.807) is 0 Å². The van der Waals surface area contributed by atoms with Gasteiger partial charge in [-0.05, 0) is 25.0 Å². The summed E-state index contributed by atoms with van der Waals surface area (Å²) in [5.41, 5.74) is 5.09. The molecule has 1 rings (SSSR count). The highest BCUT2D eigenvalue weighted by Crippen LogP contribution is 2.26. The van der Waals surface area contributed by atoms with Crippen molar-refractivity contribution in [3.05, 3.63) is 24.1 Å². The summed E-state index contributed by atoms with van der Waals surface area (Å²) in [4.78, 5) is 15.9. The molecule has 0 aliphatic rings. The lowest BCUT2D eigenvalue weighted by molar-refractivity contribution is -0.125. The van der Waals surface area contributed by atoms with Gasteiger partial charge in [0.15, 0.2) is 0 Å². The highest BCUT2D eigenvalue weighted by Gasteiger charge is 2.33. The first-order chi connectivity index (χ1) is 8.07. The van der Waals surface area contributed by atoms with Crippen LogP contribution in [0.15, 0.2) is 18.3 Å². The lowest BCUT2D eigenvalue weighted by Gasteiger charge is -2.28. The molecule has 1 aromatic rings. The molecule has 0 atom stereocenters. The fraction of sp³-hybridized carbons (Fsp3) is 0.500. The Morgan fingerprint density at radius 3 is 2.32 bits per heavy atom. The van der Waals surface area contributed by atoms with Gasteiger partial charge in [-0.15, -0.1) is 24.8 Å². The second-order valence-electron chi connectivity index (χ2n) is 4.01. The summed E-state index contributed by atoms with van der Waals surface area (Å²) in [5.74, 6) is -0.251. The number of halogens is 3. The highest BCUT2D eigenvalue weighted by molar-refractivity contribution is 5.94. The molecule has 1 amide bonds. The van der Waals surface area contributed by atoms with Gasteiger partial charge in [0.1, 0.15) is 11.6 Å². The Morgan fingerprint density at radius 2 is 1.95 bits per heavy atom. The molecular weight excluding hydrogens is 292 g/mol. The van der Waals surface area contributed by atoms with Crippen LogP contribution < -0.4 is 11.1 Å². The minimum absolute atomic E-state index is 0. The first-order valence-electron chi connectivity index (χ1n) is 5.71. The van der Waals surface area contributed by atoms with E-state index in [9.17, 15) is 9.18 Å². The Morgan fingerprint density at radius 1 is 1.37 bits per heavy atom. The third-order valence-electron chi connectivity index (χ3n) is 3.19. The number of hydrogen-bond donors (Lipinski definition) is 2. The molecule has 3 N–H and O–H groups in total. The van der Waals surface area contributed by atoms with Crippen LogP contribution in [0.25, 0.3) is 0 Å². The van der Waals surface area contributed by atoms with E-state index >= 15 is 0 Å². The number of amides is 1. The summed E-state index contributed by atoms with van der Waals surface area (Å²) < 4.78 is 12.7. The Balaban J connectivity index is 0. The second kappa shape index (κ2) is 9.07. The van der Waals surface area contributed by atoms with Gasteiger partial charge in [-0.3, -0.25) is 4.79 Å². The molecule has 0 saturated carbocycles. The molecule has 110 valence electrons. The molecule has 19 heavy (non-hydrogen) atoms. The number of rotatable bonds is 5. The first kappa shape index (κ1) is 20.4. The maximum atomic E-state index is 12.7. The van der Waals surface area contributed by atoms with Gasteiger partial charge in [0, 0.05) is 6.54 Å². The van der Waals surface area contributed by atoms with Crippen LogP contribution in [-0.4, -0.2) is 17.4 Å². The van der Waals surface area contributed by atoms with Crippen LogP contribution in [0.2, 0.25) is 0 Å². The van der Waals surface area contributed by atoms with Crippen molar-refractivity contribution < 1.29 is 9.18 Å². The van der Waals surface area contributed by atoms with Gasteiger partial charge in [0.05, 0.1) is 11.6 Å². The maximum Gasteiger partial charge on any atom is 0.233 e. The summed E-state index contributed by atoms with van der Waals surface area (Å²) in [7, 11) is 0. The van der Waals surface area contributed by atoms with Crippen LogP contribution in [0.3, 0.4) is 0 Å². The summed E-state index contributed by atoms with van der Waals surface area (Å²) in [6.45, 7) is 4.13. The van der Waals surface area contributed by atoms with Crippen LogP contribution in [0.1, 0.15) is 26.7 Å². The average molecular weight is 312 g/mol. The minimum atomic E-state index is -0.573. The molecule has 0 radical (unpaired) electrons. The highest BCUT2D eigenvalue weighted by atomic mass is 35.5. The summed E-state index contributed by atoms with van der Waals surface area (Å²) in [5, 5.41) is 2.67. The molecule has 1 aromatic heterocycles. The Kier molecular flexibility index (Phi) is 9.74. The minimum Gasteiger partial charge on any atom is -0.329 e. The van der Waals surface area contributed by atoms with Crippen molar-refractivity contribution in [3.8, 4) is 0 Å². The SMILES string of the molecule is CCC(CC)(CN)C(=O)Nc1ccc(F)cn1.Cl.Cl. The van der Waals surface area contributed by atoms with E-state index in [-0.39, 0.29) is 37.3 Å². The lowest BCUT2D eigenvalue weighted by Crippen LogP contribution is -2.41. The molecule has 0 aliphatic carbocycles. The van der Waals surface area contributed by atoms with Gasteiger partial charge in [-0.1, -0.05) is 13.8 Å². The Bertz CT molecular complexity index is 375. The maximum absolute atomic E-state index is 12.7. The Labute approximate surface area is 125 Å². The van der Waals surface area contributed by atoms with Gasteiger partial charge in [0.2, 0.25) is 5.91 Å². The molecule has 0 fully saturated rings. The zero-order chi connectivity index (χ0) is 12.9. The number of carbonyl (C=O) groups excluding carboxylic acids is 1. The standard InChI is InChI=1S/C12H18FN3O.2ClH/c1-3-12(4-2,8-14)11(17)16-10-6-5-9(13)7-15-10;;/h5-7H,3-4,8,14H2,1-2H3,(H,15,16,17);2*1H. The van der Waals surface area contributed by atoms with Gasteiger partial charge in [-0.25, -0.2) is 9.37 Å². The zero-order valence-corrected chi connectivity index (χ0v) is 12.6. The molecule has 1 heterocycles. The van der Waals surface area contributed by atoms with Crippen LogP contribution in [0.4, 0.5) is 10.2 Å². The summed E-state index contributed by atoms with van der Waals surface area (Å²) in [6, 6.07) is 2.68. The van der Waals surface area contributed by atoms with Crippen molar-refractivity contribution in [2.24, 2.45) is 11.1 Å². The fourth-order valence-corrected chi connectivity index (χ4v) is 1.65. The molecule has 0 aliphatic heterocycles. The topological polar surface area (TPSA) is 68.0 Å². The van der Waals surface area contributed by atoms with Crippen LogP contribution in [0, 0.1) is 11.2 Å².